The summed E-state index contributed by atoms with van der Waals surface area (Å²) in [6.07, 6.45) is 2.45. The van der Waals surface area contributed by atoms with Gasteiger partial charge in [0.1, 0.15) is 0 Å². The molecule has 5 heteroatoms. The van der Waals surface area contributed by atoms with E-state index in [1.165, 1.54) is 12.8 Å². The van der Waals surface area contributed by atoms with Crippen LogP contribution in [0.1, 0.15) is 40.5 Å². The summed E-state index contributed by atoms with van der Waals surface area (Å²) in [6.45, 7) is 10.8. The highest BCUT2D eigenvalue weighted by molar-refractivity contribution is 14.0. The quantitative estimate of drug-likeness (QED) is 0.307. The van der Waals surface area contributed by atoms with E-state index < -0.39 is 0 Å². The molecule has 2 N–H and O–H groups in total. The van der Waals surface area contributed by atoms with Crippen LogP contribution in [-0.2, 0) is 0 Å². The van der Waals surface area contributed by atoms with Crippen molar-refractivity contribution in [1.29, 1.82) is 0 Å². The zero-order valence-electron chi connectivity index (χ0n) is 13.7. The van der Waals surface area contributed by atoms with Crippen LogP contribution in [0.2, 0.25) is 0 Å². The molecule has 0 unspecified atom stereocenters. The maximum Gasteiger partial charge on any atom is 0.191 e. The third kappa shape index (κ3) is 10.4. The monoisotopic (exact) mass is 384 g/mol. The Morgan fingerprint density at radius 3 is 2.21 bits per heavy atom. The number of halogens is 1. The van der Waals surface area contributed by atoms with Crippen molar-refractivity contribution in [2.24, 2.45) is 10.9 Å². The van der Waals surface area contributed by atoms with Crippen molar-refractivity contribution in [2.45, 2.75) is 46.1 Å². The van der Waals surface area contributed by atoms with Gasteiger partial charge in [0.05, 0.1) is 0 Å². The lowest BCUT2D eigenvalue weighted by molar-refractivity contribution is 0.197. The molecule has 0 aromatic heterocycles. The molecule has 116 valence electrons. The van der Waals surface area contributed by atoms with Gasteiger partial charge in [-0.25, -0.2) is 0 Å². The Morgan fingerprint density at radius 1 is 1.21 bits per heavy atom. The molecule has 0 aliphatic rings. The topological polar surface area (TPSA) is 39.7 Å². The molecular weight excluding hydrogens is 351 g/mol. The Balaban J connectivity index is 0. The number of nitrogens with zero attached hydrogens (tertiary/aromatic N) is 2. The fourth-order valence-corrected chi connectivity index (χ4v) is 1.40. The molecule has 0 spiro atoms. The first kappa shape index (κ1) is 21.3. The van der Waals surface area contributed by atoms with Crippen LogP contribution in [0.25, 0.3) is 0 Å². The molecule has 0 aliphatic heterocycles. The normalized spacial score (nSPS) is 12.6. The lowest BCUT2D eigenvalue weighted by atomic mass is 10.0. The fraction of sp³-hybridized carbons (Fsp3) is 0.929. The molecule has 19 heavy (non-hydrogen) atoms. The van der Waals surface area contributed by atoms with Gasteiger partial charge in [-0.3, -0.25) is 4.99 Å². The molecule has 4 nitrogen and oxygen atoms in total. The minimum Gasteiger partial charge on any atom is -0.356 e. The Labute approximate surface area is 136 Å². The highest BCUT2D eigenvalue weighted by Gasteiger charge is 2.20. The van der Waals surface area contributed by atoms with Gasteiger partial charge in [0.2, 0.25) is 0 Å². The zero-order valence-corrected chi connectivity index (χ0v) is 16.0. The smallest absolute Gasteiger partial charge is 0.191 e. The molecule has 0 fully saturated rings. The Hall–Kier alpha value is -0.0400. The number of nitrogens with one attached hydrogen (secondary N) is 2. The number of hydrogen-bond acceptors (Lipinski definition) is 2. The predicted molar refractivity (Wildman–Crippen MR) is 96.6 cm³/mol. The van der Waals surface area contributed by atoms with Crippen LogP contribution in [0.3, 0.4) is 0 Å². The highest BCUT2D eigenvalue weighted by Crippen LogP contribution is 2.07. The van der Waals surface area contributed by atoms with E-state index in [0.29, 0.717) is 0 Å². The first-order valence-electron chi connectivity index (χ1n) is 6.91. The maximum atomic E-state index is 4.24. The van der Waals surface area contributed by atoms with Gasteiger partial charge in [0.15, 0.2) is 5.96 Å². The SMILES string of the molecule is CN=C(NCCCC(C)C)NCC(C)(C)N(C)C.I. The lowest BCUT2D eigenvalue weighted by Gasteiger charge is -2.33. The summed E-state index contributed by atoms with van der Waals surface area (Å²) in [5, 5.41) is 6.73. The zero-order chi connectivity index (χ0) is 14.2. The van der Waals surface area contributed by atoms with Crippen LogP contribution in [0, 0.1) is 5.92 Å². The fourth-order valence-electron chi connectivity index (χ4n) is 1.40. The summed E-state index contributed by atoms with van der Waals surface area (Å²) in [4.78, 5) is 6.46. The minimum atomic E-state index is 0. The number of aliphatic imine (C=N–C) groups is 1. The van der Waals surface area contributed by atoms with Crippen LogP contribution in [0.4, 0.5) is 0 Å². The molecule has 0 saturated carbocycles. The van der Waals surface area contributed by atoms with E-state index in [0.717, 1.165) is 25.0 Å². The summed E-state index contributed by atoms with van der Waals surface area (Å²) in [6, 6.07) is 0. The second-order valence-electron chi connectivity index (χ2n) is 6.10. The molecule has 0 saturated heterocycles. The minimum absolute atomic E-state index is 0. The van der Waals surface area contributed by atoms with E-state index in [2.05, 4.69) is 62.3 Å². The molecule has 0 aliphatic carbocycles. The van der Waals surface area contributed by atoms with E-state index in [9.17, 15) is 0 Å². The number of rotatable bonds is 7. The lowest BCUT2D eigenvalue weighted by Crippen LogP contribution is -2.50. The summed E-state index contributed by atoms with van der Waals surface area (Å²) in [7, 11) is 6.02. The number of hydrogen-bond donors (Lipinski definition) is 2. The number of guanidine groups is 1. The third-order valence-corrected chi connectivity index (χ3v) is 3.37. The molecule has 0 radical (unpaired) electrons. The van der Waals surface area contributed by atoms with Gasteiger partial charge >= 0.3 is 0 Å². The third-order valence-electron chi connectivity index (χ3n) is 3.37. The second kappa shape index (κ2) is 10.7. The van der Waals surface area contributed by atoms with E-state index in [1.807, 2.05) is 7.05 Å². The van der Waals surface area contributed by atoms with E-state index in [4.69, 9.17) is 0 Å². The van der Waals surface area contributed by atoms with Crippen molar-refractivity contribution < 1.29 is 0 Å². The first-order chi connectivity index (χ1) is 8.29. The Morgan fingerprint density at radius 2 is 1.79 bits per heavy atom. The van der Waals surface area contributed by atoms with Gasteiger partial charge in [-0.05, 0) is 46.7 Å². The molecule has 0 heterocycles. The van der Waals surface area contributed by atoms with E-state index in [1.54, 1.807) is 0 Å². The van der Waals surface area contributed by atoms with E-state index >= 15 is 0 Å². The Bertz CT molecular complexity index is 250. The number of likely N-dealkylation sites (N-methyl/N-ethyl adjacent to an activating group) is 1. The summed E-state index contributed by atoms with van der Waals surface area (Å²) in [5.41, 5.74) is 0.121. The van der Waals surface area contributed by atoms with Gasteiger partial charge in [0, 0.05) is 25.7 Å². The Kier molecular flexibility index (Phi) is 12.0. The van der Waals surface area contributed by atoms with E-state index in [-0.39, 0.29) is 29.5 Å². The van der Waals surface area contributed by atoms with Crippen molar-refractivity contribution in [3.8, 4) is 0 Å². The van der Waals surface area contributed by atoms with Gasteiger partial charge in [-0.15, -0.1) is 24.0 Å². The average Bonchev–Trinajstić information content (AvgIpc) is 2.27. The standard InChI is InChI=1S/C14H32N4.HI/c1-12(2)9-8-10-16-13(15-5)17-11-14(3,4)18(6)7;/h12H,8-11H2,1-7H3,(H2,15,16,17);1H. The summed E-state index contributed by atoms with van der Waals surface area (Å²) >= 11 is 0. The molecule has 0 amide bonds. The van der Waals surface area contributed by atoms with Crippen molar-refractivity contribution in [1.82, 2.24) is 15.5 Å². The van der Waals surface area contributed by atoms with Crippen LogP contribution in [-0.4, -0.2) is 50.6 Å². The molecular formula is C14H33IN4. The molecule has 0 aromatic carbocycles. The van der Waals surface area contributed by atoms with Crippen molar-refractivity contribution in [2.75, 3.05) is 34.2 Å². The van der Waals surface area contributed by atoms with Gasteiger partial charge < -0.3 is 15.5 Å². The van der Waals surface area contributed by atoms with Crippen LogP contribution >= 0.6 is 24.0 Å². The largest absolute Gasteiger partial charge is 0.356 e. The molecule has 0 rings (SSSR count). The van der Waals surface area contributed by atoms with Crippen LogP contribution < -0.4 is 10.6 Å². The van der Waals surface area contributed by atoms with Gasteiger partial charge in [-0.2, -0.15) is 0 Å². The van der Waals surface area contributed by atoms with Crippen molar-refractivity contribution in [3.63, 3.8) is 0 Å². The molecule has 0 aromatic rings. The van der Waals surface area contributed by atoms with Crippen molar-refractivity contribution >= 4 is 29.9 Å². The van der Waals surface area contributed by atoms with Crippen molar-refractivity contribution in [3.05, 3.63) is 0 Å². The first-order valence-corrected chi connectivity index (χ1v) is 6.91. The van der Waals surface area contributed by atoms with Crippen LogP contribution in [0.15, 0.2) is 4.99 Å². The van der Waals surface area contributed by atoms with Crippen LogP contribution in [0.5, 0.6) is 0 Å². The average molecular weight is 384 g/mol. The molecule has 0 bridgehead atoms. The summed E-state index contributed by atoms with van der Waals surface area (Å²) in [5.74, 6) is 1.67. The van der Waals surface area contributed by atoms with Gasteiger partial charge in [0.25, 0.3) is 0 Å². The molecule has 0 atom stereocenters. The highest BCUT2D eigenvalue weighted by atomic mass is 127. The van der Waals surface area contributed by atoms with Gasteiger partial charge in [-0.1, -0.05) is 13.8 Å². The summed E-state index contributed by atoms with van der Waals surface area (Å²) < 4.78 is 0. The second-order valence-corrected chi connectivity index (χ2v) is 6.10. The maximum absolute atomic E-state index is 4.24. The predicted octanol–water partition coefficient (Wildman–Crippen LogP) is 2.55.